The number of aromatic hydroxyl groups is 3. The van der Waals surface area contributed by atoms with Crippen LogP contribution in [0.15, 0.2) is 78.9 Å². The second kappa shape index (κ2) is 39.0. The molecule has 1 saturated heterocycles. The summed E-state index contributed by atoms with van der Waals surface area (Å²) in [5.41, 5.74) is 9.49. The summed E-state index contributed by atoms with van der Waals surface area (Å²) in [4.78, 5) is 118. The van der Waals surface area contributed by atoms with Gasteiger partial charge < -0.3 is 114 Å². The fourth-order valence-electron chi connectivity index (χ4n) is 13.9. The molecule has 109 heavy (non-hydrogen) atoms. The van der Waals surface area contributed by atoms with Gasteiger partial charge in [-0.15, -0.1) is 0 Å². The lowest BCUT2D eigenvalue weighted by Gasteiger charge is -2.42. The maximum atomic E-state index is 16.1. The Morgan fingerprint density at radius 3 is 1.70 bits per heavy atom. The third-order valence-electron chi connectivity index (χ3n) is 19.9. The smallest absolute Gasteiger partial charge is 0.248 e. The summed E-state index contributed by atoms with van der Waals surface area (Å²) in [5, 5.41) is 113. The number of phenolic OH excluding ortho intramolecular Hbond substituents is 3. The minimum Gasteiger partial charge on any atom is -0.508 e. The third kappa shape index (κ3) is 21.3. The molecule has 11 bridgehead atoms. The minimum absolute atomic E-state index is 0.0728. The van der Waals surface area contributed by atoms with Crippen molar-refractivity contribution in [3.63, 3.8) is 0 Å². The number of nitrogens with two attached hydrogens (primary N) is 2. The number of hydrogen-bond acceptors (Lipinski definition) is 22. The van der Waals surface area contributed by atoms with Crippen LogP contribution in [0.4, 0.5) is 0 Å². The van der Waals surface area contributed by atoms with Gasteiger partial charge in [0, 0.05) is 17.2 Å². The van der Waals surface area contributed by atoms with Gasteiger partial charge in [-0.1, -0.05) is 158 Å². The highest BCUT2D eigenvalue weighted by Crippen LogP contribution is 2.49. The molecule has 0 radical (unpaired) electrons. The number of primary amides is 2. The molecule has 1 fully saturated rings. The Morgan fingerprint density at radius 1 is 0.596 bits per heavy atom. The molecule has 14 atom stereocenters. The van der Waals surface area contributed by atoms with E-state index in [9.17, 15) is 64.8 Å². The van der Waals surface area contributed by atoms with Crippen molar-refractivity contribution in [2.75, 3.05) is 20.2 Å². The zero-order chi connectivity index (χ0) is 78.9. The van der Waals surface area contributed by atoms with Crippen LogP contribution in [0.5, 0.6) is 46.0 Å². The third-order valence-corrected chi connectivity index (χ3v) is 20.5. The molecule has 6 heterocycles. The van der Waals surface area contributed by atoms with Crippen LogP contribution in [-0.4, -0.2) is 163 Å². The van der Waals surface area contributed by atoms with E-state index in [2.05, 4.69) is 49.5 Å². The second-order valence-corrected chi connectivity index (χ2v) is 29.3. The Balaban J connectivity index is 1.20. The Morgan fingerprint density at radius 2 is 1.15 bits per heavy atom. The largest absolute Gasteiger partial charge is 0.508 e. The van der Waals surface area contributed by atoms with Gasteiger partial charge in [-0.3, -0.25) is 38.4 Å². The van der Waals surface area contributed by atoms with Crippen molar-refractivity contribution in [2.45, 2.75) is 221 Å². The number of carbonyl (C=O) groups excluding carboxylic acids is 8. The first-order chi connectivity index (χ1) is 52.1. The molecule has 20 N–H and O–H groups in total. The molecule has 32 heteroatoms. The molecule has 8 amide bonds. The van der Waals surface area contributed by atoms with Gasteiger partial charge in [-0.05, 0) is 115 Å². The normalized spacial score (nSPS) is 23.9. The quantitative estimate of drug-likeness (QED) is 0.0239. The summed E-state index contributed by atoms with van der Waals surface area (Å²) in [6, 6.07) is -0.373. The number of halogens is 2. The zero-order valence-electron chi connectivity index (χ0n) is 61.2. The van der Waals surface area contributed by atoms with E-state index >= 15 is 14.4 Å². The summed E-state index contributed by atoms with van der Waals surface area (Å²) in [6.45, 7) is 5.31. The molecular formula is C77H100Cl2N10O20. The van der Waals surface area contributed by atoms with E-state index in [1.165, 1.54) is 102 Å². The molecule has 6 aliphatic heterocycles. The number of aliphatic hydroxyl groups excluding tert-OH is 5. The molecule has 5 aromatic carbocycles. The van der Waals surface area contributed by atoms with E-state index in [0.29, 0.717) is 6.42 Å². The zero-order valence-corrected chi connectivity index (χ0v) is 62.7. The van der Waals surface area contributed by atoms with Crippen LogP contribution in [0, 0.1) is 5.92 Å². The van der Waals surface area contributed by atoms with Crippen LogP contribution in [-0.2, 0) is 43.1 Å². The number of aliphatic hydroxyl groups is 5. The number of phenols is 3. The van der Waals surface area contributed by atoms with Crippen molar-refractivity contribution in [1.82, 2.24) is 42.5 Å². The van der Waals surface area contributed by atoms with E-state index in [-0.39, 0.29) is 68.2 Å². The molecule has 0 spiro atoms. The van der Waals surface area contributed by atoms with E-state index < -0.39 is 191 Å². The number of benzene rings is 5. The number of unbranched alkanes of at least 4 members (excludes halogenated alkanes) is 15. The van der Waals surface area contributed by atoms with Gasteiger partial charge in [0.05, 0.1) is 35.2 Å². The van der Waals surface area contributed by atoms with Crippen LogP contribution in [0.25, 0.3) is 11.1 Å². The highest BCUT2D eigenvalue weighted by atomic mass is 35.5. The van der Waals surface area contributed by atoms with Crippen molar-refractivity contribution in [3.8, 4) is 57.1 Å². The maximum absolute atomic E-state index is 16.1. The molecular weight excluding hydrogens is 1460 g/mol. The molecule has 30 nitrogen and oxygen atoms in total. The van der Waals surface area contributed by atoms with E-state index in [1.54, 1.807) is 0 Å². The van der Waals surface area contributed by atoms with Gasteiger partial charge in [0.1, 0.15) is 95.5 Å². The van der Waals surface area contributed by atoms with Crippen LogP contribution in [0.2, 0.25) is 10.0 Å². The lowest BCUT2D eigenvalue weighted by molar-refractivity contribution is -0.245. The Labute approximate surface area is 641 Å². The predicted octanol–water partition coefficient (Wildman–Crippen LogP) is 6.13. The highest BCUT2D eigenvalue weighted by molar-refractivity contribution is 6.32. The average Bonchev–Trinajstić information content (AvgIpc) is 0.766. The van der Waals surface area contributed by atoms with Gasteiger partial charge in [-0.2, -0.15) is 0 Å². The maximum Gasteiger partial charge on any atom is 0.248 e. The van der Waals surface area contributed by atoms with Crippen molar-refractivity contribution >= 4 is 70.5 Å². The molecule has 0 saturated carbocycles. The Kier molecular flexibility index (Phi) is 30.0. The lowest BCUT2D eigenvalue weighted by Crippen LogP contribution is -2.64. The number of rotatable bonds is 29. The van der Waals surface area contributed by atoms with Crippen LogP contribution < -0.4 is 68.2 Å². The topological polar surface area (TPSA) is 484 Å². The molecule has 0 aliphatic carbocycles. The number of amides is 8. The monoisotopic (exact) mass is 1550 g/mol. The first kappa shape index (κ1) is 83.9. The fourth-order valence-corrected chi connectivity index (χ4v) is 14.4. The first-order valence-electron chi connectivity index (χ1n) is 37.1. The summed E-state index contributed by atoms with van der Waals surface area (Å²) in [7, 11) is 1.50. The number of nitrogens with one attached hydrogen (secondary N) is 8. The van der Waals surface area contributed by atoms with E-state index in [4.69, 9.17) is 53.6 Å². The lowest BCUT2D eigenvalue weighted by atomic mass is 9.89. The van der Waals surface area contributed by atoms with Gasteiger partial charge in [-0.25, -0.2) is 0 Å². The average molecular weight is 1560 g/mol. The molecule has 5 aromatic rings. The number of fused-ring (bicyclic) bond motifs is 15. The summed E-state index contributed by atoms with van der Waals surface area (Å²) >= 11 is 14.2. The van der Waals surface area contributed by atoms with Gasteiger partial charge >= 0.3 is 0 Å². The second-order valence-electron chi connectivity index (χ2n) is 28.5. The van der Waals surface area contributed by atoms with E-state index in [0.717, 1.165) is 80.6 Å². The Hall–Kier alpha value is -9.08. The van der Waals surface area contributed by atoms with Gasteiger partial charge in [0.2, 0.25) is 59.3 Å². The number of carbonyl (C=O) groups is 8. The minimum atomic E-state index is -2.26. The number of likely N-dealkylation sites (N-methyl/N-ethyl adjacent to an activating group) is 1. The van der Waals surface area contributed by atoms with Crippen molar-refractivity contribution in [2.24, 2.45) is 17.4 Å². The Bertz CT molecular complexity index is 4080. The van der Waals surface area contributed by atoms with Gasteiger partial charge in [0.15, 0.2) is 11.5 Å². The summed E-state index contributed by atoms with van der Waals surface area (Å²) in [5.74, 6) is -14.2. The predicted molar refractivity (Wildman–Crippen MR) is 400 cm³/mol. The molecule has 6 aliphatic rings. The molecule has 11 rings (SSSR count). The number of ether oxygens (including phenoxy) is 4. The van der Waals surface area contributed by atoms with Crippen LogP contribution >= 0.6 is 23.2 Å². The highest BCUT2D eigenvalue weighted by Gasteiger charge is 2.47. The van der Waals surface area contributed by atoms with Crippen LogP contribution in [0.1, 0.15) is 194 Å². The molecule has 1 unspecified atom stereocenters. The SMILES string of the molecule is CCCCCCCCCCCCCCCCCCN[C@H]1[C@H](Oc2c3cc4cc2Oc2ccc(cc2Cl)[C@@H](O)[C@@H](NC(=O)[C@@H](CC(C)C)NC)C(=O)N[C@@H](CC(N)=O)C(=O)N[C@H]4C(=O)N[C@H]2C(=O)N[C@H](C(=O)NC(C(N)=O)c4cc(O)cc(O)c4-c4cc2ccc4O)[C@H](O)c2ccc(c(Cl)c2)O3)O[C@H](CO)[C@@H](O)[C@@H]1O. The van der Waals surface area contributed by atoms with Crippen molar-refractivity contribution < 1.29 is 98.2 Å². The van der Waals surface area contributed by atoms with Crippen LogP contribution in [0.3, 0.4) is 0 Å². The fraction of sp³-hybridized carbons (Fsp3) is 0.506. The molecule has 592 valence electrons. The summed E-state index contributed by atoms with van der Waals surface area (Å²) in [6.07, 6.45) is 6.47. The van der Waals surface area contributed by atoms with E-state index in [1.807, 2.05) is 13.8 Å². The standard InChI is InChI=1S/C77H100Cl2N10O20/c1-5-6-7-8-9-10-11-12-13-14-15-16-17-18-19-20-27-83-64-68(98)67(97)56(37-90)108-77(64)109-69-54-32-42-33-55(69)107-53-26-23-41(31-47(53)79)66(96)63-76(105)87-61(70(81)99)45-34-43(91)35-51(93)58(45)44-29-39(21-24-50(44)92)59(73(102)89-63)86-74(103)60(42)85-72(101)49(36-57(80)94)84-75(104)62(88-71(100)48(82-4)28-38(2)3)65(95)40-22-25-52(106-54)46(78)30-40/h21-26,29-35,38,48-49,56,59-68,77,82-83,90-93,95-98H,5-20,27-28,36-37H2,1-4H3,(H2,80,94)(H2,81,99)(H,84,104)(H,85,101)(H,86,103)(H,87,105)(H,88,100)(H,89,102)/t48-,49+,56-,59-,60-,61?,62-,63+,64-,65-,66-,67-,68-,77+/m1/s1. The van der Waals surface area contributed by atoms with Crippen molar-refractivity contribution in [3.05, 3.63) is 117 Å². The molecule has 0 aromatic heterocycles. The summed E-state index contributed by atoms with van der Waals surface area (Å²) < 4.78 is 26.5. The van der Waals surface area contributed by atoms with Gasteiger partial charge in [0.25, 0.3) is 0 Å². The number of hydrogen-bond donors (Lipinski definition) is 18. The van der Waals surface area contributed by atoms with Crippen molar-refractivity contribution in [1.29, 1.82) is 0 Å². The first-order valence-corrected chi connectivity index (χ1v) is 37.8.